The molecule has 2 nitrogen and oxygen atoms in total. The zero-order chi connectivity index (χ0) is 12.0. The normalized spacial score (nSPS) is 10.3. The largest absolute Gasteiger partial charge is 0.507 e. The second-order valence-electron chi connectivity index (χ2n) is 4.10. The summed E-state index contributed by atoms with van der Waals surface area (Å²) < 4.78 is 0. The monoisotopic (exact) mass is 219 g/mol. The Kier molecular flexibility index (Phi) is 4.90. The SMILES string of the molecule is [CH2+]C(=O)Cc1cccc(CCCCC)c1O. The van der Waals surface area contributed by atoms with Gasteiger partial charge in [-0.25, -0.2) is 4.79 Å². The number of phenols is 1. The minimum atomic E-state index is -0.166. The molecule has 0 aliphatic carbocycles. The summed E-state index contributed by atoms with van der Waals surface area (Å²) >= 11 is 0. The van der Waals surface area contributed by atoms with E-state index in [0.29, 0.717) is 5.56 Å². The number of aryl methyl sites for hydroxylation is 1. The smallest absolute Gasteiger partial charge is 0.307 e. The number of carbonyl (C=O) groups is 1. The third-order valence-electron chi connectivity index (χ3n) is 2.64. The number of ketones is 1. The lowest BCUT2D eigenvalue weighted by Crippen LogP contribution is -1.98. The molecule has 0 unspecified atom stereocenters. The van der Waals surface area contributed by atoms with Gasteiger partial charge in [0, 0.05) is 5.56 Å². The standard InChI is InChI=1S/C14H18O2/c1-3-4-5-7-12-8-6-9-13(14(12)16)10-11(2)15/h6,8-9H,2-5,7,10H2,1H3/p+1. The van der Waals surface area contributed by atoms with Gasteiger partial charge in [0.25, 0.3) is 0 Å². The number of carbonyl (C=O) groups excluding carboxylic acids is 1. The van der Waals surface area contributed by atoms with Crippen LogP contribution in [0.5, 0.6) is 5.75 Å². The number of unbranched alkanes of at least 4 members (excludes halogenated alkanes) is 2. The van der Waals surface area contributed by atoms with Crippen LogP contribution in [0.1, 0.15) is 37.3 Å². The summed E-state index contributed by atoms with van der Waals surface area (Å²) in [6.45, 7) is 5.48. The molecule has 0 amide bonds. The summed E-state index contributed by atoms with van der Waals surface area (Å²) in [6.07, 6.45) is 4.49. The molecule has 0 radical (unpaired) electrons. The molecule has 2 heteroatoms. The molecule has 86 valence electrons. The number of hydrogen-bond donors (Lipinski definition) is 1. The maximum absolute atomic E-state index is 10.9. The van der Waals surface area contributed by atoms with Crippen LogP contribution >= 0.6 is 0 Å². The van der Waals surface area contributed by atoms with E-state index in [-0.39, 0.29) is 18.0 Å². The Balaban J connectivity index is 2.74. The number of benzene rings is 1. The second kappa shape index (κ2) is 6.21. The van der Waals surface area contributed by atoms with Gasteiger partial charge in [-0.05, 0) is 18.4 Å². The molecular weight excluding hydrogens is 200 g/mol. The summed E-state index contributed by atoms with van der Waals surface area (Å²) in [7, 11) is 0. The van der Waals surface area contributed by atoms with Crippen LogP contribution in [0.25, 0.3) is 0 Å². The van der Waals surface area contributed by atoms with Gasteiger partial charge in [-0.1, -0.05) is 38.0 Å². The fourth-order valence-electron chi connectivity index (χ4n) is 1.77. The van der Waals surface area contributed by atoms with E-state index in [1.165, 1.54) is 0 Å². The van der Waals surface area contributed by atoms with Crippen LogP contribution in [0.4, 0.5) is 0 Å². The highest BCUT2D eigenvalue weighted by Crippen LogP contribution is 2.24. The van der Waals surface area contributed by atoms with Crippen molar-refractivity contribution in [1.82, 2.24) is 0 Å². The van der Waals surface area contributed by atoms with Gasteiger partial charge >= 0.3 is 5.78 Å². The lowest BCUT2D eigenvalue weighted by atomic mass is 10.0. The Morgan fingerprint density at radius 1 is 1.31 bits per heavy atom. The van der Waals surface area contributed by atoms with Crippen LogP contribution in [0.15, 0.2) is 18.2 Å². The summed E-state index contributed by atoms with van der Waals surface area (Å²) in [6, 6.07) is 5.59. The van der Waals surface area contributed by atoms with Gasteiger partial charge in [-0.15, -0.1) is 0 Å². The van der Waals surface area contributed by atoms with Crippen LogP contribution in [0.3, 0.4) is 0 Å². The topological polar surface area (TPSA) is 37.3 Å². The molecule has 0 saturated carbocycles. The Labute approximate surface area is 97.3 Å². The van der Waals surface area contributed by atoms with Crippen LogP contribution < -0.4 is 0 Å². The number of para-hydroxylation sites is 1. The molecule has 1 N–H and O–H groups in total. The molecule has 0 aromatic heterocycles. The van der Waals surface area contributed by atoms with Crippen molar-refractivity contribution >= 4 is 5.78 Å². The zero-order valence-electron chi connectivity index (χ0n) is 9.83. The molecule has 16 heavy (non-hydrogen) atoms. The van der Waals surface area contributed by atoms with Crippen molar-refractivity contribution in [3.63, 3.8) is 0 Å². The van der Waals surface area contributed by atoms with Crippen LogP contribution in [-0.4, -0.2) is 10.9 Å². The predicted octanol–water partition coefficient (Wildman–Crippen LogP) is 3.07. The molecule has 1 aromatic carbocycles. The second-order valence-corrected chi connectivity index (χ2v) is 4.10. The van der Waals surface area contributed by atoms with Crippen molar-refractivity contribution in [2.75, 3.05) is 0 Å². The molecular formula is C14H19O2+. The number of Topliss-reactive ketones (excluding diaryl/α,β-unsaturated/α-hetero) is 1. The van der Waals surface area contributed by atoms with Crippen LogP contribution in [0, 0.1) is 6.92 Å². The maximum atomic E-state index is 10.9. The molecule has 0 fully saturated rings. The first-order valence-corrected chi connectivity index (χ1v) is 5.79. The lowest BCUT2D eigenvalue weighted by Gasteiger charge is -2.07. The van der Waals surface area contributed by atoms with E-state index in [1.54, 1.807) is 6.07 Å². The van der Waals surface area contributed by atoms with Crippen molar-refractivity contribution in [2.24, 2.45) is 0 Å². The Morgan fingerprint density at radius 3 is 2.62 bits per heavy atom. The fourth-order valence-corrected chi connectivity index (χ4v) is 1.77. The molecule has 1 aromatic rings. The van der Waals surface area contributed by atoms with Gasteiger partial charge in [0.15, 0.2) is 0 Å². The van der Waals surface area contributed by atoms with Crippen molar-refractivity contribution < 1.29 is 9.90 Å². The minimum Gasteiger partial charge on any atom is -0.507 e. The van der Waals surface area contributed by atoms with E-state index < -0.39 is 0 Å². The number of rotatable bonds is 6. The molecule has 1 rings (SSSR count). The molecule has 0 heterocycles. The third kappa shape index (κ3) is 3.61. The molecule has 0 spiro atoms. The first kappa shape index (κ1) is 12.6. The highest BCUT2D eigenvalue weighted by atomic mass is 16.3. The molecule has 0 atom stereocenters. The van der Waals surface area contributed by atoms with Gasteiger partial charge in [-0.2, -0.15) is 0 Å². The van der Waals surface area contributed by atoms with E-state index in [4.69, 9.17) is 0 Å². The third-order valence-corrected chi connectivity index (χ3v) is 2.64. The fraction of sp³-hybridized carbons (Fsp3) is 0.429. The maximum Gasteiger partial charge on any atom is 0.307 e. The van der Waals surface area contributed by atoms with Gasteiger partial charge in [-0.3, -0.25) is 0 Å². The van der Waals surface area contributed by atoms with Gasteiger partial charge in [0.1, 0.15) is 12.7 Å². The van der Waals surface area contributed by atoms with E-state index in [9.17, 15) is 9.90 Å². The Bertz CT molecular complexity index is 356. The minimum absolute atomic E-state index is 0.166. The van der Waals surface area contributed by atoms with E-state index in [2.05, 4.69) is 13.8 Å². The van der Waals surface area contributed by atoms with Crippen molar-refractivity contribution in [3.05, 3.63) is 36.2 Å². The van der Waals surface area contributed by atoms with E-state index >= 15 is 0 Å². The summed E-state index contributed by atoms with van der Waals surface area (Å²) in [5.41, 5.74) is 1.63. The summed E-state index contributed by atoms with van der Waals surface area (Å²) in [4.78, 5) is 10.9. The zero-order valence-corrected chi connectivity index (χ0v) is 9.83. The van der Waals surface area contributed by atoms with E-state index in [1.807, 2.05) is 12.1 Å². The van der Waals surface area contributed by atoms with Crippen LogP contribution in [-0.2, 0) is 17.6 Å². The first-order valence-electron chi connectivity index (χ1n) is 5.79. The first-order chi connectivity index (χ1) is 7.65. The molecule has 0 aliphatic heterocycles. The van der Waals surface area contributed by atoms with Gasteiger partial charge in [0.2, 0.25) is 0 Å². The van der Waals surface area contributed by atoms with Gasteiger partial charge in [0.05, 0.1) is 6.42 Å². The Hall–Kier alpha value is -1.44. The highest BCUT2D eigenvalue weighted by Gasteiger charge is 2.11. The summed E-state index contributed by atoms with van der Waals surface area (Å²) in [5, 5.41) is 9.96. The number of aromatic hydroxyl groups is 1. The quantitative estimate of drug-likeness (QED) is 0.589. The van der Waals surface area contributed by atoms with Crippen LogP contribution in [0.2, 0.25) is 0 Å². The van der Waals surface area contributed by atoms with Crippen molar-refractivity contribution in [1.29, 1.82) is 0 Å². The van der Waals surface area contributed by atoms with E-state index in [0.717, 1.165) is 31.2 Å². The number of hydrogen-bond acceptors (Lipinski definition) is 2. The number of phenolic OH excluding ortho intramolecular Hbond substituents is 1. The van der Waals surface area contributed by atoms with Gasteiger partial charge < -0.3 is 5.11 Å². The van der Waals surface area contributed by atoms with Crippen molar-refractivity contribution in [2.45, 2.75) is 39.0 Å². The summed E-state index contributed by atoms with van der Waals surface area (Å²) in [5.74, 6) is 0.108. The highest BCUT2D eigenvalue weighted by molar-refractivity contribution is 5.85. The predicted molar refractivity (Wildman–Crippen MR) is 65.4 cm³/mol. The van der Waals surface area contributed by atoms with Crippen molar-refractivity contribution in [3.8, 4) is 5.75 Å². The molecule has 0 aliphatic rings. The molecule has 0 bridgehead atoms. The lowest BCUT2D eigenvalue weighted by molar-refractivity contribution is -0.114. The average Bonchev–Trinajstić information content (AvgIpc) is 2.23. The average molecular weight is 219 g/mol. The molecule has 0 saturated heterocycles. The Morgan fingerprint density at radius 2 is 2.00 bits per heavy atom.